The monoisotopic (exact) mass is 399 g/mol. The van der Waals surface area contributed by atoms with Crippen LogP contribution in [0.3, 0.4) is 0 Å². The van der Waals surface area contributed by atoms with Gasteiger partial charge in [0.05, 0.1) is 12.2 Å². The first-order valence-electron chi connectivity index (χ1n) is 7.99. The van der Waals surface area contributed by atoms with Crippen LogP contribution in [0.5, 0.6) is 0 Å². The number of hydrogen-bond donors (Lipinski definition) is 1. The van der Waals surface area contributed by atoms with Crippen LogP contribution in [0.25, 0.3) is 0 Å². The van der Waals surface area contributed by atoms with E-state index in [-0.39, 0.29) is 5.91 Å². The number of rotatable bonds is 4. The molecule has 1 N–H and O–H groups in total. The number of carbonyl (C=O) groups is 1. The summed E-state index contributed by atoms with van der Waals surface area (Å²) in [6.45, 7) is 1.31. The molecule has 2 aromatic heterocycles. The summed E-state index contributed by atoms with van der Waals surface area (Å²) in [4.78, 5) is 17.5. The number of aromatic nitrogens is 1. The molecule has 0 bridgehead atoms. The Morgan fingerprint density at radius 2 is 2.32 bits per heavy atom. The standard InChI is InChI=1S/C15H17N3O4S3/c19-14(11-3-1-7-22-11)17-15-16-10-5-6-18(9-12(10)24-15)25(20,21)13-4-2-8-23-13/h2,4,8,11H,1,3,5-7,9H2,(H,16,17,19). The number of anilines is 1. The molecule has 4 heterocycles. The number of sulfonamides is 1. The molecule has 0 radical (unpaired) electrons. The molecule has 0 spiro atoms. The molecule has 10 heteroatoms. The van der Waals surface area contributed by atoms with Crippen LogP contribution < -0.4 is 5.32 Å². The van der Waals surface area contributed by atoms with Gasteiger partial charge in [0.1, 0.15) is 10.3 Å². The highest BCUT2D eigenvalue weighted by Crippen LogP contribution is 2.32. The number of nitrogens with zero attached hydrogens (tertiary/aromatic N) is 2. The number of ether oxygens (including phenoxy) is 1. The summed E-state index contributed by atoms with van der Waals surface area (Å²) in [6, 6.07) is 3.35. The normalized spacial score (nSPS) is 21.2. The van der Waals surface area contributed by atoms with E-state index < -0.39 is 16.1 Å². The number of carbonyl (C=O) groups excluding carboxylic acids is 1. The molecule has 2 aliphatic heterocycles. The Balaban J connectivity index is 1.48. The molecule has 7 nitrogen and oxygen atoms in total. The van der Waals surface area contributed by atoms with Crippen molar-refractivity contribution in [1.29, 1.82) is 0 Å². The Bertz CT molecular complexity index is 870. The summed E-state index contributed by atoms with van der Waals surface area (Å²) in [5.41, 5.74) is 0.866. The molecule has 134 valence electrons. The van der Waals surface area contributed by atoms with Crippen molar-refractivity contribution in [2.45, 2.75) is 36.1 Å². The summed E-state index contributed by atoms with van der Waals surface area (Å²) >= 11 is 2.56. The van der Waals surface area contributed by atoms with Gasteiger partial charge in [0.2, 0.25) is 0 Å². The van der Waals surface area contributed by atoms with Crippen LogP contribution in [0.4, 0.5) is 5.13 Å². The SMILES string of the molecule is O=C(Nc1nc2c(s1)CN(S(=O)(=O)c1cccs1)CC2)C1CCCO1. The fourth-order valence-corrected chi connectivity index (χ4v) is 6.60. The Kier molecular flexibility index (Phi) is 4.63. The van der Waals surface area contributed by atoms with E-state index in [1.54, 1.807) is 17.5 Å². The summed E-state index contributed by atoms with van der Waals surface area (Å²) in [7, 11) is -3.46. The van der Waals surface area contributed by atoms with Gasteiger partial charge in [-0.05, 0) is 24.3 Å². The Morgan fingerprint density at radius 1 is 1.44 bits per heavy atom. The highest BCUT2D eigenvalue weighted by molar-refractivity contribution is 7.91. The maximum atomic E-state index is 12.7. The van der Waals surface area contributed by atoms with Crippen molar-refractivity contribution >= 4 is 43.7 Å². The number of nitrogens with one attached hydrogen (secondary N) is 1. The molecule has 1 fully saturated rings. The van der Waals surface area contributed by atoms with Gasteiger partial charge in [-0.2, -0.15) is 4.31 Å². The number of amides is 1. The third-order valence-electron chi connectivity index (χ3n) is 4.24. The average molecular weight is 400 g/mol. The van der Waals surface area contributed by atoms with E-state index in [9.17, 15) is 13.2 Å². The Hall–Kier alpha value is -1.33. The molecule has 1 amide bonds. The highest BCUT2D eigenvalue weighted by Gasteiger charge is 2.31. The summed E-state index contributed by atoms with van der Waals surface area (Å²) in [5, 5.41) is 5.07. The smallest absolute Gasteiger partial charge is 0.255 e. The second-order valence-electron chi connectivity index (χ2n) is 5.90. The lowest BCUT2D eigenvalue weighted by Gasteiger charge is -2.24. The summed E-state index contributed by atoms with van der Waals surface area (Å²) < 4.78 is 32.5. The molecular weight excluding hydrogens is 382 g/mol. The molecule has 25 heavy (non-hydrogen) atoms. The summed E-state index contributed by atoms with van der Waals surface area (Å²) in [5.74, 6) is -0.174. The van der Waals surface area contributed by atoms with E-state index >= 15 is 0 Å². The highest BCUT2D eigenvalue weighted by atomic mass is 32.2. The minimum absolute atomic E-state index is 0.174. The quantitative estimate of drug-likeness (QED) is 0.850. The number of hydrogen-bond acceptors (Lipinski definition) is 7. The lowest BCUT2D eigenvalue weighted by atomic mass is 10.2. The van der Waals surface area contributed by atoms with Crippen LogP contribution in [0, 0.1) is 0 Å². The zero-order valence-corrected chi connectivity index (χ0v) is 15.8. The minimum atomic E-state index is -3.46. The molecular formula is C15H17N3O4S3. The Labute approximate surface area is 153 Å². The van der Waals surface area contributed by atoms with E-state index in [2.05, 4.69) is 10.3 Å². The van der Waals surface area contributed by atoms with Crippen LogP contribution in [0.2, 0.25) is 0 Å². The molecule has 4 rings (SSSR count). The van der Waals surface area contributed by atoms with Crippen LogP contribution in [0.1, 0.15) is 23.4 Å². The van der Waals surface area contributed by atoms with Crippen LogP contribution in [0.15, 0.2) is 21.7 Å². The number of thiophene rings is 1. The fourth-order valence-electron chi connectivity index (χ4n) is 2.94. The van der Waals surface area contributed by atoms with Crippen LogP contribution in [-0.2, 0) is 32.5 Å². The van der Waals surface area contributed by atoms with Crippen molar-refractivity contribution < 1.29 is 17.9 Å². The third kappa shape index (κ3) is 3.36. The van der Waals surface area contributed by atoms with E-state index in [1.807, 2.05) is 0 Å². The van der Waals surface area contributed by atoms with E-state index in [1.165, 1.54) is 27.0 Å². The lowest BCUT2D eigenvalue weighted by Crippen LogP contribution is -2.35. The number of thiazole rings is 1. The molecule has 2 aliphatic rings. The van der Waals surface area contributed by atoms with Gasteiger partial charge in [0.25, 0.3) is 15.9 Å². The van der Waals surface area contributed by atoms with Crippen LogP contribution >= 0.6 is 22.7 Å². The third-order valence-corrected chi connectivity index (χ3v) is 8.45. The topological polar surface area (TPSA) is 88.6 Å². The largest absolute Gasteiger partial charge is 0.368 e. The van der Waals surface area contributed by atoms with Gasteiger partial charge in [-0.15, -0.1) is 22.7 Å². The lowest BCUT2D eigenvalue weighted by molar-refractivity contribution is -0.124. The van der Waals surface area contributed by atoms with E-state index in [4.69, 9.17) is 4.74 Å². The second-order valence-corrected chi connectivity index (χ2v) is 10.1. The van der Waals surface area contributed by atoms with Crippen molar-refractivity contribution in [3.63, 3.8) is 0 Å². The maximum Gasteiger partial charge on any atom is 0.255 e. The van der Waals surface area contributed by atoms with Crippen molar-refractivity contribution in [3.05, 3.63) is 28.1 Å². The molecule has 1 saturated heterocycles. The predicted octanol–water partition coefficient (Wildman–Crippen LogP) is 2.07. The van der Waals surface area contributed by atoms with Gasteiger partial charge in [0, 0.05) is 24.4 Å². The van der Waals surface area contributed by atoms with Gasteiger partial charge in [-0.1, -0.05) is 6.07 Å². The summed E-state index contributed by atoms with van der Waals surface area (Å²) in [6.07, 6.45) is 1.76. The molecule has 0 aromatic carbocycles. The molecule has 1 atom stereocenters. The average Bonchev–Trinajstić information content (AvgIpc) is 3.33. The maximum absolute atomic E-state index is 12.7. The molecule has 0 aliphatic carbocycles. The van der Waals surface area contributed by atoms with Crippen molar-refractivity contribution in [3.8, 4) is 0 Å². The fraction of sp³-hybridized carbons (Fsp3) is 0.467. The molecule has 2 aromatic rings. The van der Waals surface area contributed by atoms with Crippen molar-refractivity contribution in [1.82, 2.24) is 9.29 Å². The zero-order valence-electron chi connectivity index (χ0n) is 13.3. The zero-order chi connectivity index (χ0) is 17.4. The predicted molar refractivity (Wildman–Crippen MR) is 95.3 cm³/mol. The van der Waals surface area contributed by atoms with Gasteiger partial charge < -0.3 is 4.74 Å². The van der Waals surface area contributed by atoms with Gasteiger partial charge >= 0.3 is 0 Å². The van der Waals surface area contributed by atoms with Gasteiger partial charge in [-0.25, -0.2) is 13.4 Å². The van der Waals surface area contributed by atoms with Gasteiger partial charge in [0.15, 0.2) is 5.13 Å². The molecule has 0 saturated carbocycles. The first-order chi connectivity index (χ1) is 12.0. The van der Waals surface area contributed by atoms with Crippen LogP contribution in [-0.4, -0.2) is 42.9 Å². The van der Waals surface area contributed by atoms with Crippen molar-refractivity contribution in [2.24, 2.45) is 0 Å². The molecule has 1 unspecified atom stereocenters. The van der Waals surface area contributed by atoms with Crippen molar-refractivity contribution in [2.75, 3.05) is 18.5 Å². The van der Waals surface area contributed by atoms with E-state index in [0.29, 0.717) is 35.5 Å². The van der Waals surface area contributed by atoms with E-state index in [0.717, 1.165) is 23.4 Å². The number of fused-ring (bicyclic) bond motifs is 1. The Morgan fingerprint density at radius 3 is 3.04 bits per heavy atom. The first kappa shape index (κ1) is 17.1. The van der Waals surface area contributed by atoms with Gasteiger partial charge in [-0.3, -0.25) is 10.1 Å². The first-order valence-corrected chi connectivity index (χ1v) is 11.1. The second kappa shape index (κ2) is 6.76. The minimum Gasteiger partial charge on any atom is -0.368 e.